The van der Waals surface area contributed by atoms with Crippen LogP contribution < -0.4 is 10.6 Å². The molecule has 142 valence electrons. The molecular formula is C20H29N3O3. The maximum atomic E-state index is 12.6. The molecular weight excluding hydrogens is 330 g/mol. The highest BCUT2D eigenvalue weighted by atomic mass is 16.2. The number of hydrogen-bond donors (Lipinski definition) is 2. The standard InChI is InChI=1S/C20H29N3O3/c1-3-15(2)18(22-19(25)16-9-5-4-6-10-16)20(26)21-12-11-17(24)23-13-7-8-14-23/h4-6,9-10,15,18H,3,7-8,11-14H2,1-2H3,(H,21,26)(H,22,25). The first kappa shape index (κ1) is 19.9. The van der Waals surface area contributed by atoms with Crippen molar-refractivity contribution < 1.29 is 14.4 Å². The lowest BCUT2D eigenvalue weighted by Gasteiger charge is -2.24. The molecule has 1 heterocycles. The molecule has 1 aromatic carbocycles. The van der Waals surface area contributed by atoms with Crippen LogP contribution in [0.5, 0.6) is 0 Å². The highest BCUT2D eigenvalue weighted by molar-refractivity contribution is 5.97. The van der Waals surface area contributed by atoms with Gasteiger partial charge in [-0.05, 0) is 30.9 Å². The van der Waals surface area contributed by atoms with E-state index in [1.165, 1.54) is 0 Å². The molecule has 3 amide bonds. The van der Waals surface area contributed by atoms with Gasteiger partial charge >= 0.3 is 0 Å². The van der Waals surface area contributed by atoms with Gasteiger partial charge in [0.15, 0.2) is 0 Å². The fourth-order valence-corrected chi connectivity index (χ4v) is 3.04. The van der Waals surface area contributed by atoms with Gasteiger partial charge in [0.25, 0.3) is 5.91 Å². The van der Waals surface area contributed by atoms with Crippen molar-refractivity contribution >= 4 is 17.7 Å². The molecule has 2 unspecified atom stereocenters. The molecule has 0 aliphatic carbocycles. The Morgan fingerprint density at radius 2 is 1.77 bits per heavy atom. The average molecular weight is 359 g/mol. The van der Waals surface area contributed by atoms with Crippen LogP contribution >= 0.6 is 0 Å². The molecule has 0 aromatic heterocycles. The zero-order valence-electron chi connectivity index (χ0n) is 15.7. The van der Waals surface area contributed by atoms with E-state index in [-0.39, 0.29) is 23.6 Å². The van der Waals surface area contributed by atoms with E-state index in [0.29, 0.717) is 18.5 Å². The summed E-state index contributed by atoms with van der Waals surface area (Å²) in [5.74, 6) is -0.426. The van der Waals surface area contributed by atoms with Gasteiger partial charge in [0.05, 0.1) is 0 Å². The molecule has 6 heteroatoms. The minimum atomic E-state index is -0.616. The SMILES string of the molecule is CCC(C)C(NC(=O)c1ccccc1)C(=O)NCCC(=O)N1CCCC1. The molecule has 6 nitrogen and oxygen atoms in total. The number of benzene rings is 1. The minimum absolute atomic E-state index is 0.00283. The van der Waals surface area contributed by atoms with Crippen molar-refractivity contribution in [2.75, 3.05) is 19.6 Å². The molecule has 2 atom stereocenters. The van der Waals surface area contributed by atoms with Gasteiger partial charge in [-0.15, -0.1) is 0 Å². The zero-order valence-corrected chi connectivity index (χ0v) is 15.7. The monoisotopic (exact) mass is 359 g/mol. The number of likely N-dealkylation sites (tertiary alicyclic amines) is 1. The summed E-state index contributed by atoms with van der Waals surface area (Å²) in [5, 5.41) is 5.64. The third kappa shape index (κ3) is 5.58. The van der Waals surface area contributed by atoms with Crippen LogP contribution in [0.3, 0.4) is 0 Å². The first-order chi connectivity index (χ1) is 12.5. The quantitative estimate of drug-likeness (QED) is 0.745. The van der Waals surface area contributed by atoms with Crippen LogP contribution in [0.25, 0.3) is 0 Å². The number of nitrogens with one attached hydrogen (secondary N) is 2. The highest BCUT2D eigenvalue weighted by Gasteiger charge is 2.26. The van der Waals surface area contributed by atoms with Crippen molar-refractivity contribution in [1.29, 1.82) is 0 Å². The van der Waals surface area contributed by atoms with Gasteiger partial charge in [0, 0.05) is 31.6 Å². The second kappa shape index (κ2) is 9.94. The average Bonchev–Trinajstić information content (AvgIpc) is 3.20. The number of carbonyl (C=O) groups excluding carboxylic acids is 3. The van der Waals surface area contributed by atoms with Gasteiger partial charge in [0.2, 0.25) is 11.8 Å². The van der Waals surface area contributed by atoms with Crippen molar-refractivity contribution in [3.63, 3.8) is 0 Å². The molecule has 1 saturated heterocycles. The summed E-state index contributed by atoms with van der Waals surface area (Å²) < 4.78 is 0. The molecule has 0 saturated carbocycles. The molecule has 1 aliphatic rings. The normalized spacial score (nSPS) is 16.0. The summed E-state index contributed by atoms with van der Waals surface area (Å²) >= 11 is 0. The Morgan fingerprint density at radius 3 is 2.38 bits per heavy atom. The van der Waals surface area contributed by atoms with Crippen molar-refractivity contribution in [2.24, 2.45) is 5.92 Å². The summed E-state index contributed by atoms with van der Waals surface area (Å²) in [6.07, 6.45) is 3.17. The Kier molecular flexibility index (Phi) is 7.63. The predicted octanol–water partition coefficient (Wildman–Crippen LogP) is 1.96. The number of nitrogens with zero attached hydrogens (tertiary/aromatic N) is 1. The summed E-state index contributed by atoms with van der Waals surface area (Å²) in [4.78, 5) is 38.8. The number of hydrogen-bond acceptors (Lipinski definition) is 3. The molecule has 2 rings (SSSR count). The topological polar surface area (TPSA) is 78.5 Å². The van der Waals surface area contributed by atoms with E-state index in [4.69, 9.17) is 0 Å². The first-order valence-electron chi connectivity index (χ1n) is 9.44. The molecule has 0 radical (unpaired) electrons. The largest absolute Gasteiger partial charge is 0.354 e. The second-order valence-corrected chi connectivity index (χ2v) is 6.83. The van der Waals surface area contributed by atoms with E-state index >= 15 is 0 Å². The Bertz CT molecular complexity index is 612. The van der Waals surface area contributed by atoms with Crippen molar-refractivity contribution in [3.05, 3.63) is 35.9 Å². The summed E-state index contributed by atoms with van der Waals surface area (Å²) in [6.45, 7) is 5.84. The van der Waals surface area contributed by atoms with Crippen molar-refractivity contribution in [3.8, 4) is 0 Å². The Morgan fingerprint density at radius 1 is 1.12 bits per heavy atom. The molecule has 1 aromatic rings. The molecule has 2 N–H and O–H groups in total. The van der Waals surface area contributed by atoms with E-state index in [1.807, 2.05) is 24.8 Å². The number of rotatable bonds is 8. The fraction of sp³-hybridized carbons (Fsp3) is 0.550. The summed E-state index contributed by atoms with van der Waals surface area (Å²) in [7, 11) is 0. The van der Waals surface area contributed by atoms with Gasteiger partial charge in [-0.1, -0.05) is 38.5 Å². The van der Waals surface area contributed by atoms with Crippen LogP contribution in [-0.2, 0) is 9.59 Å². The molecule has 1 fully saturated rings. The Labute approximate surface area is 155 Å². The van der Waals surface area contributed by atoms with E-state index in [9.17, 15) is 14.4 Å². The van der Waals surface area contributed by atoms with Gasteiger partial charge < -0.3 is 15.5 Å². The van der Waals surface area contributed by atoms with Crippen LogP contribution in [0.4, 0.5) is 0 Å². The van der Waals surface area contributed by atoms with Crippen LogP contribution in [0.2, 0.25) is 0 Å². The molecule has 0 spiro atoms. The van der Waals surface area contributed by atoms with Gasteiger partial charge in [-0.3, -0.25) is 14.4 Å². The fourth-order valence-electron chi connectivity index (χ4n) is 3.04. The van der Waals surface area contributed by atoms with Crippen LogP contribution in [0.1, 0.15) is 49.9 Å². The maximum Gasteiger partial charge on any atom is 0.251 e. The first-order valence-corrected chi connectivity index (χ1v) is 9.44. The van der Waals surface area contributed by atoms with Gasteiger partial charge in [0.1, 0.15) is 6.04 Å². The van der Waals surface area contributed by atoms with Gasteiger partial charge in [-0.25, -0.2) is 0 Å². The minimum Gasteiger partial charge on any atom is -0.354 e. The zero-order chi connectivity index (χ0) is 18.9. The number of carbonyl (C=O) groups is 3. The van der Waals surface area contributed by atoms with Crippen LogP contribution in [-0.4, -0.2) is 48.3 Å². The summed E-state index contributed by atoms with van der Waals surface area (Å²) in [6, 6.07) is 8.24. The van der Waals surface area contributed by atoms with E-state index in [2.05, 4.69) is 10.6 Å². The maximum absolute atomic E-state index is 12.6. The second-order valence-electron chi connectivity index (χ2n) is 6.83. The Hall–Kier alpha value is -2.37. The molecule has 26 heavy (non-hydrogen) atoms. The van der Waals surface area contributed by atoms with Crippen molar-refractivity contribution in [2.45, 2.75) is 45.6 Å². The highest BCUT2D eigenvalue weighted by Crippen LogP contribution is 2.11. The lowest BCUT2D eigenvalue weighted by atomic mass is 9.97. The Balaban J connectivity index is 1.87. The van der Waals surface area contributed by atoms with E-state index in [1.54, 1.807) is 24.3 Å². The third-order valence-electron chi connectivity index (χ3n) is 4.91. The molecule has 0 bridgehead atoms. The van der Waals surface area contributed by atoms with Crippen LogP contribution in [0, 0.1) is 5.92 Å². The summed E-state index contributed by atoms with van der Waals surface area (Å²) in [5.41, 5.74) is 0.526. The van der Waals surface area contributed by atoms with Crippen LogP contribution in [0.15, 0.2) is 30.3 Å². The van der Waals surface area contributed by atoms with Gasteiger partial charge in [-0.2, -0.15) is 0 Å². The predicted molar refractivity (Wildman–Crippen MR) is 101 cm³/mol. The number of amides is 3. The smallest absolute Gasteiger partial charge is 0.251 e. The molecule has 1 aliphatic heterocycles. The lowest BCUT2D eigenvalue weighted by molar-refractivity contribution is -0.130. The van der Waals surface area contributed by atoms with E-state index < -0.39 is 6.04 Å². The van der Waals surface area contributed by atoms with E-state index in [0.717, 1.165) is 32.4 Å². The third-order valence-corrected chi connectivity index (χ3v) is 4.91. The van der Waals surface area contributed by atoms with Crippen molar-refractivity contribution in [1.82, 2.24) is 15.5 Å². The lowest BCUT2D eigenvalue weighted by Crippen LogP contribution is -2.50.